The molecule has 1 atom stereocenters. The van der Waals surface area contributed by atoms with E-state index in [0.29, 0.717) is 23.2 Å². The number of amides is 1. The van der Waals surface area contributed by atoms with Gasteiger partial charge in [0.25, 0.3) is 5.91 Å². The molecule has 1 aromatic rings. The Hall–Kier alpha value is -1.71. The maximum Gasteiger partial charge on any atom is 0.255 e. The molecule has 0 radical (unpaired) electrons. The second-order valence-electron chi connectivity index (χ2n) is 6.07. The highest BCUT2D eigenvalue weighted by Crippen LogP contribution is 2.26. The number of hydrogen-bond acceptors (Lipinski definition) is 3. The Balaban J connectivity index is 3.14. The van der Waals surface area contributed by atoms with E-state index in [2.05, 4.69) is 25.7 Å². The Kier molecular flexibility index (Phi) is 5.43. The molecule has 0 saturated carbocycles. The van der Waals surface area contributed by atoms with Crippen molar-refractivity contribution in [1.29, 1.82) is 0 Å². The zero-order valence-electron chi connectivity index (χ0n) is 13.5. The summed E-state index contributed by atoms with van der Waals surface area (Å²) in [5.41, 5.74) is 8.17. The van der Waals surface area contributed by atoms with Crippen molar-refractivity contribution in [2.75, 3.05) is 31.8 Å². The lowest BCUT2D eigenvalue weighted by Crippen LogP contribution is -2.33. The third-order valence-electron chi connectivity index (χ3n) is 3.51. The SMILES string of the molecule is CC(C)CC(C)N(C)c1cc(N)ccc1C(=O)N(C)C. The molecule has 1 rings (SSSR count). The molecule has 0 aliphatic carbocycles. The fourth-order valence-electron chi connectivity index (χ4n) is 2.34. The molecule has 0 aliphatic heterocycles. The first-order chi connectivity index (χ1) is 9.23. The van der Waals surface area contributed by atoms with Crippen LogP contribution < -0.4 is 10.6 Å². The Morgan fingerprint density at radius 1 is 1.20 bits per heavy atom. The van der Waals surface area contributed by atoms with Crippen molar-refractivity contribution in [3.63, 3.8) is 0 Å². The van der Waals surface area contributed by atoms with E-state index in [1.54, 1.807) is 25.1 Å². The van der Waals surface area contributed by atoms with Crippen LogP contribution in [0.25, 0.3) is 0 Å². The first kappa shape index (κ1) is 16.3. The second-order valence-corrected chi connectivity index (χ2v) is 6.07. The lowest BCUT2D eigenvalue weighted by molar-refractivity contribution is 0.0828. The van der Waals surface area contributed by atoms with Gasteiger partial charge in [-0.25, -0.2) is 0 Å². The van der Waals surface area contributed by atoms with Gasteiger partial charge < -0.3 is 15.5 Å². The number of nitrogens with zero attached hydrogens (tertiary/aromatic N) is 2. The molecule has 0 bridgehead atoms. The molecule has 1 unspecified atom stereocenters. The minimum atomic E-state index is 0.00333. The van der Waals surface area contributed by atoms with Crippen molar-refractivity contribution < 1.29 is 4.79 Å². The molecule has 1 aromatic carbocycles. The zero-order valence-corrected chi connectivity index (χ0v) is 13.5. The normalized spacial score (nSPS) is 12.3. The second kappa shape index (κ2) is 6.64. The number of hydrogen-bond donors (Lipinski definition) is 1. The lowest BCUT2D eigenvalue weighted by atomic mass is 10.0. The van der Waals surface area contributed by atoms with Gasteiger partial charge in [0, 0.05) is 32.9 Å². The van der Waals surface area contributed by atoms with E-state index in [1.807, 2.05) is 19.2 Å². The maximum absolute atomic E-state index is 12.3. The van der Waals surface area contributed by atoms with Crippen molar-refractivity contribution >= 4 is 17.3 Å². The molecule has 2 N–H and O–H groups in total. The number of nitrogen functional groups attached to an aromatic ring is 1. The summed E-state index contributed by atoms with van der Waals surface area (Å²) in [6.07, 6.45) is 1.07. The number of anilines is 2. The summed E-state index contributed by atoms with van der Waals surface area (Å²) in [6.45, 7) is 6.58. The molecule has 4 nitrogen and oxygen atoms in total. The minimum absolute atomic E-state index is 0.00333. The largest absolute Gasteiger partial charge is 0.399 e. The first-order valence-electron chi connectivity index (χ1n) is 7.08. The molecular weight excluding hydrogens is 250 g/mol. The van der Waals surface area contributed by atoms with Crippen LogP contribution in [0.5, 0.6) is 0 Å². The number of nitrogens with two attached hydrogens (primary N) is 1. The van der Waals surface area contributed by atoms with E-state index in [4.69, 9.17) is 5.73 Å². The third-order valence-corrected chi connectivity index (χ3v) is 3.51. The Bertz CT molecular complexity index is 469. The molecule has 0 fully saturated rings. The van der Waals surface area contributed by atoms with Crippen molar-refractivity contribution in [3.05, 3.63) is 23.8 Å². The highest BCUT2D eigenvalue weighted by molar-refractivity contribution is 6.00. The van der Waals surface area contributed by atoms with Gasteiger partial charge in [-0.1, -0.05) is 13.8 Å². The summed E-state index contributed by atoms with van der Waals surface area (Å²) in [7, 11) is 5.55. The van der Waals surface area contributed by atoms with Crippen LogP contribution in [-0.4, -0.2) is 38.0 Å². The van der Waals surface area contributed by atoms with E-state index < -0.39 is 0 Å². The molecule has 4 heteroatoms. The van der Waals surface area contributed by atoms with Gasteiger partial charge in [-0.3, -0.25) is 4.79 Å². The number of rotatable bonds is 5. The summed E-state index contributed by atoms with van der Waals surface area (Å²) >= 11 is 0. The predicted octanol–water partition coefficient (Wildman–Crippen LogP) is 2.84. The van der Waals surface area contributed by atoms with Crippen molar-refractivity contribution in [2.45, 2.75) is 33.2 Å². The first-order valence-corrected chi connectivity index (χ1v) is 7.08. The highest BCUT2D eigenvalue weighted by Gasteiger charge is 2.19. The van der Waals surface area contributed by atoms with Crippen LogP contribution >= 0.6 is 0 Å². The van der Waals surface area contributed by atoms with Crippen LogP contribution in [0.15, 0.2) is 18.2 Å². The average molecular weight is 277 g/mol. The molecular formula is C16H27N3O. The van der Waals surface area contributed by atoms with E-state index in [-0.39, 0.29) is 5.91 Å². The Labute approximate surface area is 122 Å². The van der Waals surface area contributed by atoms with Crippen LogP contribution in [0.1, 0.15) is 37.6 Å². The van der Waals surface area contributed by atoms with Gasteiger partial charge in [-0.15, -0.1) is 0 Å². The van der Waals surface area contributed by atoms with Gasteiger partial charge in [0.1, 0.15) is 0 Å². The predicted molar refractivity (Wildman–Crippen MR) is 86.2 cm³/mol. The summed E-state index contributed by atoms with van der Waals surface area (Å²) in [5.74, 6) is 0.616. The summed E-state index contributed by atoms with van der Waals surface area (Å²) in [4.78, 5) is 16.0. The monoisotopic (exact) mass is 277 g/mol. The fraction of sp³-hybridized carbons (Fsp3) is 0.562. The zero-order chi connectivity index (χ0) is 15.4. The molecule has 1 amide bonds. The molecule has 20 heavy (non-hydrogen) atoms. The smallest absolute Gasteiger partial charge is 0.255 e. The van der Waals surface area contributed by atoms with E-state index >= 15 is 0 Å². The summed E-state index contributed by atoms with van der Waals surface area (Å²) in [5, 5.41) is 0. The van der Waals surface area contributed by atoms with Crippen LogP contribution in [0, 0.1) is 5.92 Å². The summed E-state index contributed by atoms with van der Waals surface area (Å²) < 4.78 is 0. The van der Waals surface area contributed by atoms with E-state index in [1.165, 1.54) is 0 Å². The molecule has 0 heterocycles. The van der Waals surface area contributed by atoms with Crippen molar-refractivity contribution in [1.82, 2.24) is 4.90 Å². The molecule has 112 valence electrons. The minimum Gasteiger partial charge on any atom is -0.399 e. The molecule has 0 aromatic heterocycles. The van der Waals surface area contributed by atoms with Crippen molar-refractivity contribution in [3.8, 4) is 0 Å². The van der Waals surface area contributed by atoms with Gasteiger partial charge in [0.2, 0.25) is 0 Å². The standard InChI is InChI=1S/C16H27N3O/c1-11(2)9-12(3)19(6)15-10-13(17)7-8-14(15)16(20)18(4)5/h7-8,10-12H,9,17H2,1-6H3. The highest BCUT2D eigenvalue weighted by atomic mass is 16.2. The number of carbonyl (C=O) groups excluding carboxylic acids is 1. The quantitative estimate of drug-likeness (QED) is 0.842. The Morgan fingerprint density at radius 3 is 2.30 bits per heavy atom. The van der Waals surface area contributed by atoms with Crippen LogP contribution in [0.3, 0.4) is 0 Å². The van der Waals surface area contributed by atoms with Gasteiger partial charge in [0.05, 0.1) is 11.3 Å². The van der Waals surface area contributed by atoms with Gasteiger partial charge in [-0.2, -0.15) is 0 Å². The number of benzene rings is 1. The van der Waals surface area contributed by atoms with E-state index in [0.717, 1.165) is 12.1 Å². The lowest BCUT2D eigenvalue weighted by Gasteiger charge is -2.30. The molecule has 0 aliphatic rings. The fourth-order valence-corrected chi connectivity index (χ4v) is 2.34. The molecule has 0 saturated heterocycles. The average Bonchev–Trinajstić information content (AvgIpc) is 2.35. The van der Waals surface area contributed by atoms with Crippen LogP contribution in [0.4, 0.5) is 11.4 Å². The van der Waals surface area contributed by atoms with E-state index in [9.17, 15) is 4.79 Å². The molecule has 0 spiro atoms. The van der Waals surface area contributed by atoms with Crippen molar-refractivity contribution in [2.24, 2.45) is 5.92 Å². The van der Waals surface area contributed by atoms with Gasteiger partial charge in [-0.05, 0) is 37.5 Å². The summed E-state index contributed by atoms with van der Waals surface area (Å²) in [6, 6.07) is 5.82. The topological polar surface area (TPSA) is 49.6 Å². The van der Waals surface area contributed by atoms with Gasteiger partial charge >= 0.3 is 0 Å². The van der Waals surface area contributed by atoms with Crippen LogP contribution in [0.2, 0.25) is 0 Å². The van der Waals surface area contributed by atoms with Crippen LogP contribution in [-0.2, 0) is 0 Å². The van der Waals surface area contributed by atoms with Gasteiger partial charge in [0.15, 0.2) is 0 Å². The number of carbonyl (C=O) groups is 1. The Morgan fingerprint density at radius 2 is 1.80 bits per heavy atom. The maximum atomic E-state index is 12.3. The third kappa shape index (κ3) is 3.89.